The zero-order chi connectivity index (χ0) is 13.4. The van der Waals surface area contributed by atoms with Gasteiger partial charge in [0.05, 0.1) is 6.61 Å². The van der Waals surface area contributed by atoms with E-state index < -0.39 is 11.8 Å². The average Bonchev–Trinajstić information content (AvgIpc) is 2.33. The third-order valence-electron chi connectivity index (χ3n) is 2.38. The number of nitriles is 1. The summed E-state index contributed by atoms with van der Waals surface area (Å²) in [6.07, 6.45) is 2.13. The molecule has 0 amide bonds. The number of aliphatic carboxylic acids is 1. The molecule has 4 nitrogen and oxygen atoms in total. The van der Waals surface area contributed by atoms with E-state index in [1.54, 1.807) is 12.1 Å². The molecule has 18 heavy (non-hydrogen) atoms. The maximum atomic E-state index is 13.2. The standard InChI is InChI=1S/C13H14FNO3/c14-11-5-4-6-12(10(11)9-15)18-8-3-1-2-7-13(16)17/h4-6H,1-3,7-8H2,(H,16,17). The first-order chi connectivity index (χ1) is 8.65. The molecule has 0 saturated carbocycles. The van der Waals surface area contributed by atoms with Crippen molar-refractivity contribution in [3.8, 4) is 11.8 Å². The van der Waals surface area contributed by atoms with Crippen LogP contribution in [0.2, 0.25) is 0 Å². The highest BCUT2D eigenvalue weighted by Crippen LogP contribution is 2.20. The maximum Gasteiger partial charge on any atom is 0.303 e. The van der Waals surface area contributed by atoms with Crippen LogP contribution in [-0.2, 0) is 4.79 Å². The molecule has 0 radical (unpaired) electrons. The highest BCUT2D eigenvalue weighted by molar-refractivity contribution is 5.66. The van der Waals surface area contributed by atoms with E-state index >= 15 is 0 Å². The largest absolute Gasteiger partial charge is 0.492 e. The van der Waals surface area contributed by atoms with Gasteiger partial charge in [0.2, 0.25) is 0 Å². The Morgan fingerprint density at radius 3 is 2.83 bits per heavy atom. The predicted octanol–water partition coefficient (Wildman–Crippen LogP) is 2.72. The normalized spacial score (nSPS) is 9.78. The number of ether oxygens (including phenoxy) is 1. The van der Waals surface area contributed by atoms with Crippen molar-refractivity contribution in [1.82, 2.24) is 0 Å². The fraction of sp³-hybridized carbons (Fsp3) is 0.385. The fourth-order valence-electron chi connectivity index (χ4n) is 1.47. The number of hydrogen-bond acceptors (Lipinski definition) is 3. The molecule has 1 rings (SSSR count). The highest BCUT2D eigenvalue weighted by atomic mass is 19.1. The minimum absolute atomic E-state index is 0.0944. The Morgan fingerprint density at radius 1 is 1.39 bits per heavy atom. The van der Waals surface area contributed by atoms with Crippen LogP contribution in [0.3, 0.4) is 0 Å². The number of rotatable bonds is 7. The summed E-state index contributed by atoms with van der Waals surface area (Å²) in [5.74, 6) is -1.18. The quantitative estimate of drug-likeness (QED) is 0.756. The topological polar surface area (TPSA) is 70.3 Å². The lowest BCUT2D eigenvalue weighted by Gasteiger charge is -2.07. The number of hydrogen-bond donors (Lipinski definition) is 1. The molecular weight excluding hydrogens is 237 g/mol. The Morgan fingerprint density at radius 2 is 2.17 bits per heavy atom. The molecule has 0 aliphatic rings. The van der Waals surface area contributed by atoms with Crippen molar-refractivity contribution in [2.75, 3.05) is 6.61 Å². The second-order valence-corrected chi connectivity index (χ2v) is 3.78. The molecule has 0 spiro atoms. The Kier molecular flexibility index (Phi) is 5.65. The first-order valence-corrected chi connectivity index (χ1v) is 5.68. The van der Waals surface area contributed by atoms with Crippen LogP contribution in [0.15, 0.2) is 18.2 Å². The van der Waals surface area contributed by atoms with Gasteiger partial charge in [-0.1, -0.05) is 6.07 Å². The summed E-state index contributed by atoms with van der Waals surface area (Å²) < 4.78 is 18.5. The van der Waals surface area contributed by atoms with Crippen LogP contribution in [0, 0.1) is 17.1 Å². The molecule has 1 N–H and O–H groups in total. The summed E-state index contributed by atoms with van der Waals surface area (Å²) in [5, 5.41) is 17.2. The van der Waals surface area contributed by atoms with Gasteiger partial charge in [-0.05, 0) is 31.4 Å². The lowest BCUT2D eigenvalue weighted by molar-refractivity contribution is -0.137. The van der Waals surface area contributed by atoms with E-state index in [1.807, 2.05) is 0 Å². The second kappa shape index (κ2) is 7.28. The first-order valence-electron chi connectivity index (χ1n) is 5.68. The van der Waals surface area contributed by atoms with Crippen LogP contribution in [-0.4, -0.2) is 17.7 Å². The van der Waals surface area contributed by atoms with E-state index in [-0.39, 0.29) is 17.7 Å². The number of carboxylic acid groups (broad SMARTS) is 1. The van der Waals surface area contributed by atoms with Crippen molar-refractivity contribution in [1.29, 1.82) is 5.26 Å². The monoisotopic (exact) mass is 251 g/mol. The third-order valence-corrected chi connectivity index (χ3v) is 2.38. The van der Waals surface area contributed by atoms with E-state index in [4.69, 9.17) is 15.1 Å². The van der Waals surface area contributed by atoms with Gasteiger partial charge in [-0.15, -0.1) is 0 Å². The van der Waals surface area contributed by atoms with Gasteiger partial charge < -0.3 is 9.84 Å². The van der Waals surface area contributed by atoms with Crippen molar-refractivity contribution in [2.24, 2.45) is 0 Å². The van der Waals surface area contributed by atoms with Gasteiger partial charge in [0.15, 0.2) is 0 Å². The van der Waals surface area contributed by atoms with E-state index in [2.05, 4.69) is 0 Å². The lowest BCUT2D eigenvalue weighted by Crippen LogP contribution is -2.01. The van der Waals surface area contributed by atoms with Crippen LogP contribution < -0.4 is 4.74 Å². The predicted molar refractivity (Wildman–Crippen MR) is 62.7 cm³/mol. The molecule has 0 saturated heterocycles. The smallest absolute Gasteiger partial charge is 0.303 e. The molecule has 1 aromatic carbocycles. The maximum absolute atomic E-state index is 13.2. The molecule has 0 unspecified atom stereocenters. The molecule has 0 aliphatic carbocycles. The van der Waals surface area contributed by atoms with E-state index in [0.717, 1.165) is 6.42 Å². The Balaban J connectivity index is 2.34. The third kappa shape index (κ3) is 4.42. The molecule has 0 heterocycles. The fourth-order valence-corrected chi connectivity index (χ4v) is 1.47. The number of carbonyl (C=O) groups is 1. The number of nitrogens with zero attached hydrogens (tertiary/aromatic N) is 1. The van der Waals surface area contributed by atoms with E-state index in [9.17, 15) is 9.18 Å². The van der Waals surface area contributed by atoms with E-state index in [0.29, 0.717) is 19.4 Å². The average molecular weight is 251 g/mol. The van der Waals surface area contributed by atoms with Gasteiger partial charge in [-0.2, -0.15) is 5.26 Å². The molecule has 0 atom stereocenters. The van der Waals surface area contributed by atoms with Crippen molar-refractivity contribution < 1.29 is 19.0 Å². The number of halogens is 1. The second-order valence-electron chi connectivity index (χ2n) is 3.78. The zero-order valence-corrected chi connectivity index (χ0v) is 9.86. The molecule has 1 aromatic rings. The van der Waals surface area contributed by atoms with Crippen molar-refractivity contribution in [3.63, 3.8) is 0 Å². The van der Waals surface area contributed by atoms with Crippen LogP contribution in [0.5, 0.6) is 5.75 Å². The van der Waals surface area contributed by atoms with Crippen LogP contribution in [0.25, 0.3) is 0 Å². The van der Waals surface area contributed by atoms with Gasteiger partial charge in [0.1, 0.15) is 23.2 Å². The Hall–Kier alpha value is -2.09. The molecule has 0 aromatic heterocycles. The van der Waals surface area contributed by atoms with Gasteiger partial charge in [0.25, 0.3) is 0 Å². The minimum Gasteiger partial charge on any atom is -0.492 e. The molecular formula is C13H14FNO3. The minimum atomic E-state index is -0.812. The Labute approximate surface area is 105 Å². The molecule has 0 aliphatic heterocycles. The van der Waals surface area contributed by atoms with Crippen LogP contribution >= 0.6 is 0 Å². The van der Waals surface area contributed by atoms with E-state index in [1.165, 1.54) is 12.1 Å². The molecule has 96 valence electrons. The number of benzene rings is 1. The highest BCUT2D eigenvalue weighted by Gasteiger charge is 2.08. The van der Waals surface area contributed by atoms with Crippen molar-refractivity contribution in [2.45, 2.75) is 25.7 Å². The lowest BCUT2D eigenvalue weighted by atomic mass is 10.2. The van der Waals surface area contributed by atoms with Crippen molar-refractivity contribution >= 4 is 5.97 Å². The molecule has 0 bridgehead atoms. The van der Waals surface area contributed by atoms with Crippen LogP contribution in [0.4, 0.5) is 4.39 Å². The summed E-state index contributed by atoms with van der Waals surface area (Å²) in [4.78, 5) is 10.3. The van der Waals surface area contributed by atoms with Gasteiger partial charge in [-0.3, -0.25) is 4.79 Å². The number of unbranched alkanes of at least 4 members (excludes halogenated alkanes) is 2. The van der Waals surface area contributed by atoms with Gasteiger partial charge in [0, 0.05) is 6.42 Å². The Bertz CT molecular complexity index is 454. The SMILES string of the molecule is N#Cc1c(F)cccc1OCCCCCC(=O)O. The zero-order valence-electron chi connectivity index (χ0n) is 9.86. The van der Waals surface area contributed by atoms with Crippen molar-refractivity contribution in [3.05, 3.63) is 29.6 Å². The molecule has 5 heteroatoms. The summed E-state index contributed by atoms with van der Waals surface area (Å²) in [6, 6.07) is 5.98. The van der Waals surface area contributed by atoms with Gasteiger partial charge in [-0.25, -0.2) is 4.39 Å². The summed E-state index contributed by atoms with van der Waals surface area (Å²) >= 11 is 0. The van der Waals surface area contributed by atoms with Gasteiger partial charge >= 0.3 is 5.97 Å². The molecule has 0 fully saturated rings. The first kappa shape index (κ1) is 14.0. The summed E-state index contributed by atoms with van der Waals surface area (Å²) in [7, 11) is 0. The summed E-state index contributed by atoms with van der Waals surface area (Å²) in [5.41, 5.74) is -0.0944. The summed E-state index contributed by atoms with van der Waals surface area (Å²) in [6.45, 7) is 0.345. The number of carboxylic acids is 1. The van der Waals surface area contributed by atoms with Crippen LogP contribution in [0.1, 0.15) is 31.2 Å².